The fourth-order valence-corrected chi connectivity index (χ4v) is 0.378. The van der Waals surface area contributed by atoms with E-state index in [1.165, 1.54) is 6.92 Å². The van der Waals surface area contributed by atoms with E-state index in [9.17, 15) is 4.79 Å². The van der Waals surface area contributed by atoms with E-state index < -0.39 is 12.0 Å². The van der Waals surface area contributed by atoms with Crippen LogP contribution in [0.3, 0.4) is 0 Å². The van der Waals surface area contributed by atoms with Crippen LogP contribution in [0.15, 0.2) is 12.3 Å². The molecule has 0 aromatic rings. The maximum absolute atomic E-state index is 9.94. The van der Waals surface area contributed by atoms with Crippen LogP contribution in [0.5, 0.6) is 0 Å². The molecule has 0 aliphatic rings. The van der Waals surface area contributed by atoms with Crippen molar-refractivity contribution < 1.29 is 15.0 Å². The van der Waals surface area contributed by atoms with Crippen molar-refractivity contribution in [1.29, 1.82) is 0 Å². The zero-order valence-corrected chi connectivity index (χ0v) is 5.24. The molecule has 3 nitrogen and oxygen atoms in total. The van der Waals surface area contributed by atoms with Crippen molar-refractivity contribution in [2.24, 2.45) is 5.92 Å². The molecule has 3 heteroatoms. The number of aliphatic hydroxyl groups excluding tert-OH is 2. The molecular formula is C6H10O3. The second kappa shape index (κ2) is 3.25. The Labute approximate surface area is 53.6 Å². The average Bonchev–Trinajstić information content (AvgIpc) is 1.84. The third kappa shape index (κ3) is 2.28. The minimum Gasteiger partial charge on any atom is -0.510 e. The van der Waals surface area contributed by atoms with Crippen molar-refractivity contribution >= 4 is 6.29 Å². The molecule has 0 radical (unpaired) electrons. The molecule has 2 N–H and O–H groups in total. The maximum Gasteiger partial charge on any atom is 0.125 e. The third-order valence-corrected chi connectivity index (χ3v) is 1.05. The lowest BCUT2D eigenvalue weighted by Crippen LogP contribution is -2.20. The van der Waals surface area contributed by atoms with Gasteiger partial charge in [0, 0.05) is 5.92 Å². The molecule has 52 valence electrons. The van der Waals surface area contributed by atoms with Crippen molar-refractivity contribution in [2.75, 3.05) is 0 Å². The first-order valence-electron chi connectivity index (χ1n) is 2.60. The Balaban J connectivity index is 3.86. The van der Waals surface area contributed by atoms with E-state index in [0.717, 1.165) is 0 Å². The highest BCUT2D eigenvalue weighted by Gasteiger charge is 2.14. The maximum atomic E-state index is 9.94. The molecule has 0 fully saturated rings. The lowest BCUT2D eigenvalue weighted by molar-refractivity contribution is -0.113. The molecule has 0 rings (SSSR count). The molecule has 0 bridgehead atoms. The van der Waals surface area contributed by atoms with Crippen LogP contribution in [-0.4, -0.2) is 22.6 Å². The molecular weight excluding hydrogens is 120 g/mol. The summed E-state index contributed by atoms with van der Waals surface area (Å²) in [6, 6.07) is 0. The normalized spacial score (nSPS) is 16.2. The number of carbonyl (C=O) groups is 1. The standard InChI is InChI=1S/C6H10O3/c1-4(3-7)6(9)5(2)8/h3-4,6,8-9H,2H2,1H3. The van der Waals surface area contributed by atoms with Gasteiger partial charge >= 0.3 is 0 Å². The van der Waals surface area contributed by atoms with Crippen molar-refractivity contribution in [3.63, 3.8) is 0 Å². The lowest BCUT2D eigenvalue weighted by Gasteiger charge is -2.09. The fourth-order valence-electron chi connectivity index (χ4n) is 0.378. The van der Waals surface area contributed by atoms with E-state index in [1.54, 1.807) is 0 Å². The van der Waals surface area contributed by atoms with Gasteiger partial charge in [-0.3, -0.25) is 0 Å². The molecule has 0 aromatic heterocycles. The number of hydrogen-bond donors (Lipinski definition) is 2. The first kappa shape index (κ1) is 8.17. The second-order valence-electron chi connectivity index (χ2n) is 1.93. The van der Waals surface area contributed by atoms with Gasteiger partial charge in [0.1, 0.15) is 18.1 Å². The van der Waals surface area contributed by atoms with Crippen LogP contribution in [0.25, 0.3) is 0 Å². The molecule has 0 saturated carbocycles. The van der Waals surface area contributed by atoms with Crippen LogP contribution in [-0.2, 0) is 4.79 Å². The predicted octanol–water partition coefficient (Wildman–Crippen LogP) is 0.254. The molecule has 0 spiro atoms. The van der Waals surface area contributed by atoms with E-state index in [2.05, 4.69) is 6.58 Å². The predicted molar refractivity (Wildman–Crippen MR) is 33.0 cm³/mol. The van der Waals surface area contributed by atoms with Gasteiger partial charge < -0.3 is 15.0 Å². The topological polar surface area (TPSA) is 57.5 Å². The SMILES string of the molecule is C=C(O)C(O)C(C)C=O. The number of aldehydes is 1. The van der Waals surface area contributed by atoms with E-state index >= 15 is 0 Å². The summed E-state index contributed by atoms with van der Waals surface area (Å²) in [4.78, 5) is 9.94. The minimum atomic E-state index is -1.12. The van der Waals surface area contributed by atoms with Crippen LogP contribution < -0.4 is 0 Å². The summed E-state index contributed by atoms with van der Waals surface area (Å²) in [5.41, 5.74) is 0. The Morgan fingerprint density at radius 2 is 2.22 bits per heavy atom. The summed E-state index contributed by atoms with van der Waals surface area (Å²) in [5.74, 6) is -0.947. The van der Waals surface area contributed by atoms with Crippen LogP contribution in [0.2, 0.25) is 0 Å². The van der Waals surface area contributed by atoms with E-state index in [4.69, 9.17) is 10.2 Å². The summed E-state index contributed by atoms with van der Waals surface area (Å²) in [6.45, 7) is 4.57. The Hall–Kier alpha value is -0.830. The largest absolute Gasteiger partial charge is 0.510 e. The van der Waals surface area contributed by atoms with Gasteiger partial charge in [-0.2, -0.15) is 0 Å². The van der Waals surface area contributed by atoms with Crippen LogP contribution >= 0.6 is 0 Å². The summed E-state index contributed by atoms with van der Waals surface area (Å²) in [7, 11) is 0. The van der Waals surface area contributed by atoms with Gasteiger partial charge in [0.15, 0.2) is 0 Å². The zero-order chi connectivity index (χ0) is 7.44. The minimum absolute atomic E-state index is 0.366. The highest BCUT2D eigenvalue weighted by atomic mass is 16.3. The Morgan fingerprint density at radius 3 is 2.33 bits per heavy atom. The third-order valence-electron chi connectivity index (χ3n) is 1.05. The van der Waals surface area contributed by atoms with Gasteiger partial charge in [-0.15, -0.1) is 0 Å². The highest BCUT2D eigenvalue weighted by Crippen LogP contribution is 2.04. The fraction of sp³-hybridized carbons (Fsp3) is 0.500. The van der Waals surface area contributed by atoms with Gasteiger partial charge in [0.05, 0.1) is 0 Å². The molecule has 2 atom stereocenters. The summed E-state index contributed by atoms with van der Waals surface area (Å²) < 4.78 is 0. The van der Waals surface area contributed by atoms with Gasteiger partial charge in [-0.1, -0.05) is 13.5 Å². The second-order valence-corrected chi connectivity index (χ2v) is 1.93. The van der Waals surface area contributed by atoms with Crippen LogP contribution in [0.1, 0.15) is 6.92 Å². The zero-order valence-electron chi connectivity index (χ0n) is 5.24. The first-order valence-corrected chi connectivity index (χ1v) is 2.60. The molecule has 0 aliphatic carbocycles. The van der Waals surface area contributed by atoms with Crippen molar-refractivity contribution in [3.05, 3.63) is 12.3 Å². The van der Waals surface area contributed by atoms with Gasteiger partial charge in [0.25, 0.3) is 0 Å². The molecule has 0 heterocycles. The number of rotatable bonds is 3. The van der Waals surface area contributed by atoms with Crippen molar-refractivity contribution in [3.8, 4) is 0 Å². The number of carbonyl (C=O) groups excluding carboxylic acids is 1. The Kier molecular flexibility index (Phi) is 2.95. The van der Waals surface area contributed by atoms with Gasteiger partial charge in [-0.05, 0) is 0 Å². The quantitative estimate of drug-likeness (QED) is 0.425. The molecule has 2 unspecified atom stereocenters. The van der Waals surface area contributed by atoms with E-state index in [-0.39, 0.29) is 5.76 Å². The van der Waals surface area contributed by atoms with Crippen LogP contribution in [0.4, 0.5) is 0 Å². The average molecular weight is 130 g/mol. The van der Waals surface area contributed by atoms with E-state index in [1.807, 2.05) is 0 Å². The molecule has 9 heavy (non-hydrogen) atoms. The van der Waals surface area contributed by atoms with Crippen molar-refractivity contribution in [2.45, 2.75) is 13.0 Å². The van der Waals surface area contributed by atoms with E-state index in [0.29, 0.717) is 6.29 Å². The van der Waals surface area contributed by atoms with Gasteiger partial charge in [0.2, 0.25) is 0 Å². The van der Waals surface area contributed by atoms with Crippen molar-refractivity contribution in [1.82, 2.24) is 0 Å². The summed E-state index contributed by atoms with van der Waals surface area (Å²) in [6.07, 6.45) is -0.561. The monoisotopic (exact) mass is 130 g/mol. The molecule has 0 aromatic carbocycles. The summed E-state index contributed by atoms with van der Waals surface area (Å²) >= 11 is 0. The smallest absolute Gasteiger partial charge is 0.125 e. The Morgan fingerprint density at radius 1 is 1.78 bits per heavy atom. The molecule has 0 amide bonds. The lowest BCUT2D eigenvalue weighted by atomic mass is 10.1. The van der Waals surface area contributed by atoms with Crippen LogP contribution in [0, 0.1) is 5.92 Å². The first-order chi connectivity index (χ1) is 4.09. The number of hydrogen-bond acceptors (Lipinski definition) is 3. The van der Waals surface area contributed by atoms with Gasteiger partial charge in [-0.25, -0.2) is 0 Å². The Bertz CT molecular complexity index is 119. The summed E-state index contributed by atoms with van der Waals surface area (Å²) in [5, 5.41) is 17.3. The molecule has 0 saturated heterocycles. The highest BCUT2D eigenvalue weighted by molar-refractivity contribution is 5.54. The molecule has 0 aliphatic heterocycles. The number of aliphatic hydroxyl groups is 2.